The number of furan rings is 1. The molecule has 45 heavy (non-hydrogen) atoms. The van der Waals surface area contributed by atoms with Crippen LogP contribution in [0.15, 0.2) is 144 Å². The molecule has 0 amide bonds. The highest BCUT2D eigenvalue weighted by Crippen LogP contribution is 2.38. The summed E-state index contributed by atoms with van der Waals surface area (Å²) in [5, 5.41) is 11.4. The summed E-state index contributed by atoms with van der Waals surface area (Å²) in [6, 6.07) is 46.0. The van der Waals surface area contributed by atoms with E-state index in [1.54, 1.807) is 12.3 Å². The van der Waals surface area contributed by atoms with Gasteiger partial charge in [0.15, 0.2) is 17.5 Å². The van der Waals surface area contributed by atoms with Crippen molar-refractivity contribution in [1.29, 1.82) is 5.26 Å². The summed E-state index contributed by atoms with van der Waals surface area (Å²) in [5.74, 6) is 1.62. The molecule has 0 bridgehead atoms. The number of pyridine rings is 1. The molecule has 0 saturated carbocycles. The zero-order valence-corrected chi connectivity index (χ0v) is 23.9. The van der Waals surface area contributed by atoms with Crippen molar-refractivity contribution in [1.82, 2.24) is 19.9 Å². The zero-order chi connectivity index (χ0) is 30.2. The van der Waals surface area contributed by atoms with Crippen molar-refractivity contribution >= 4 is 21.9 Å². The summed E-state index contributed by atoms with van der Waals surface area (Å²) >= 11 is 0. The zero-order valence-electron chi connectivity index (χ0n) is 23.9. The van der Waals surface area contributed by atoms with E-state index in [0.29, 0.717) is 23.0 Å². The topological polar surface area (TPSA) is 88.5 Å². The Hall–Kier alpha value is -6.45. The minimum atomic E-state index is 0.514. The summed E-state index contributed by atoms with van der Waals surface area (Å²) in [4.78, 5) is 19.3. The SMILES string of the molecule is N#Cc1cccc(-c2ccc(-c3nc(-c4ccccc4)nc(-c4ccc5c(c4)oc4cccc(-c6ccccc6)c45)n3)cn2)c1. The average molecular weight is 578 g/mol. The van der Waals surface area contributed by atoms with Crippen LogP contribution in [0.2, 0.25) is 0 Å². The monoisotopic (exact) mass is 577 g/mol. The number of nitrogens with zero attached hydrogens (tertiary/aromatic N) is 5. The molecule has 3 aromatic heterocycles. The first-order chi connectivity index (χ1) is 22.2. The third-order valence-electron chi connectivity index (χ3n) is 7.82. The van der Waals surface area contributed by atoms with Crippen molar-refractivity contribution < 1.29 is 4.42 Å². The third-order valence-corrected chi connectivity index (χ3v) is 7.82. The Morgan fingerprint density at radius 3 is 1.91 bits per heavy atom. The molecule has 6 heteroatoms. The van der Waals surface area contributed by atoms with E-state index in [2.05, 4.69) is 35.3 Å². The average Bonchev–Trinajstić information content (AvgIpc) is 3.50. The van der Waals surface area contributed by atoms with E-state index in [-0.39, 0.29) is 0 Å². The molecule has 0 saturated heterocycles. The first-order valence-corrected chi connectivity index (χ1v) is 14.5. The van der Waals surface area contributed by atoms with Crippen molar-refractivity contribution in [3.63, 3.8) is 0 Å². The molecule has 210 valence electrons. The molecular weight excluding hydrogens is 554 g/mol. The molecule has 0 aliphatic carbocycles. The Morgan fingerprint density at radius 1 is 0.511 bits per heavy atom. The number of nitriles is 1. The first-order valence-electron chi connectivity index (χ1n) is 14.5. The lowest BCUT2D eigenvalue weighted by atomic mass is 9.99. The quantitative estimate of drug-likeness (QED) is 0.202. The molecule has 0 fully saturated rings. The molecule has 0 unspecified atom stereocenters. The van der Waals surface area contributed by atoms with Gasteiger partial charge in [0.2, 0.25) is 0 Å². The molecular formula is C39H23N5O. The van der Waals surface area contributed by atoms with Gasteiger partial charge in [0.05, 0.1) is 17.3 Å². The second kappa shape index (κ2) is 11.0. The Labute approximate surface area is 259 Å². The van der Waals surface area contributed by atoms with Crippen LogP contribution in [0.1, 0.15) is 5.56 Å². The van der Waals surface area contributed by atoms with Crippen LogP contribution in [0.25, 0.3) is 78.5 Å². The van der Waals surface area contributed by atoms with Crippen molar-refractivity contribution in [2.24, 2.45) is 0 Å². The van der Waals surface area contributed by atoms with Gasteiger partial charge in [-0.15, -0.1) is 0 Å². The standard InChI is InChI=1S/C39H23N5O/c40-23-25-9-7-14-28(21-25)33-20-18-30(24-41-33)39-43-37(27-12-5-2-6-13-27)42-38(44-39)29-17-19-32-35(22-29)45-34-16-8-15-31(36(32)34)26-10-3-1-4-11-26/h1-22,24H. The number of aromatic nitrogens is 4. The molecule has 8 rings (SSSR count). The lowest BCUT2D eigenvalue weighted by Crippen LogP contribution is -2.00. The molecule has 5 aromatic carbocycles. The number of rotatable bonds is 5. The van der Waals surface area contributed by atoms with Crippen LogP contribution in [0, 0.1) is 11.3 Å². The van der Waals surface area contributed by atoms with Crippen LogP contribution in [-0.2, 0) is 0 Å². The molecule has 0 N–H and O–H groups in total. The smallest absolute Gasteiger partial charge is 0.165 e. The van der Waals surface area contributed by atoms with Gasteiger partial charge < -0.3 is 4.42 Å². The van der Waals surface area contributed by atoms with E-state index in [1.807, 2.05) is 103 Å². The van der Waals surface area contributed by atoms with Gasteiger partial charge >= 0.3 is 0 Å². The van der Waals surface area contributed by atoms with Crippen molar-refractivity contribution in [2.75, 3.05) is 0 Å². The second-order valence-electron chi connectivity index (χ2n) is 10.7. The maximum atomic E-state index is 9.30. The summed E-state index contributed by atoms with van der Waals surface area (Å²) in [7, 11) is 0. The highest BCUT2D eigenvalue weighted by atomic mass is 16.3. The molecule has 0 spiro atoms. The molecule has 6 nitrogen and oxygen atoms in total. The van der Waals surface area contributed by atoms with E-state index in [1.165, 1.54) is 0 Å². The van der Waals surface area contributed by atoms with E-state index in [9.17, 15) is 5.26 Å². The molecule has 0 radical (unpaired) electrons. The highest BCUT2D eigenvalue weighted by Gasteiger charge is 2.17. The lowest BCUT2D eigenvalue weighted by molar-refractivity contribution is 0.669. The predicted octanol–water partition coefficient (Wildman–Crippen LogP) is 9.37. The van der Waals surface area contributed by atoms with Crippen LogP contribution in [0.3, 0.4) is 0 Å². The van der Waals surface area contributed by atoms with Gasteiger partial charge in [0.25, 0.3) is 0 Å². The highest BCUT2D eigenvalue weighted by molar-refractivity contribution is 6.12. The van der Waals surface area contributed by atoms with Gasteiger partial charge in [-0.25, -0.2) is 15.0 Å². The number of benzene rings is 5. The fourth-order valence-electron chi connectivity index (χ4n) is 5.62. The minimum Gasteiger partial charge on any atom is -0.456 e. The second-order valence-corrected chi connectivity index (χ2v) is 10.7. The maximum Gasteiger partial charge on any atom is 0.165 e. The number of hydrogen-bond acceptors (Lipinski definition) is 6. The molecule has 0 aliphatic rings. The van der Waals surface area contributed by atoms with E-state index in [0.717, 1.165) is 61.0 Å². The molecule has 0 atom stereocenters. The number of fused-ring (bicyclic) bond motifs is 3. The summed E-state index contributed by atoms with van der Waals surface area (Å²) < 4.78 is 6.38. The van der Waals surface area contributed by atoms with Crippen LogP contribution in [0.4, 0.5) is 0 Å². The van der Waals surface area contributed by atoms with E-state index < -0.39 is 0 Å². The number of hydrogen-bond donors (Lipinski definition) is 0. The third kappa shape index (κ3) is 4.89. The van der Waals surface area contributed by atoms with Gasteiger partial charge in [-0.3, -0.25) is 4.98 Å². The van der Waals surface area contributed by atoms with Crippen LogP contribution < -0.4 is 0 Å². The molecule has 0 aliphatic heterocycles. The van der Waals surface area contributed by atoms with Gasteiger partial charge in [0.1, 0.15) is 11.2 Å². The predicted molar refractivity (Wildman–Crippen MR) is 177 cm³/mol. The Balaban J connectivity index is 1.24. The molecule has 3 heterocycles. The fourth-order valence-corrected chi connectivity index (χ4v) is 5.62. The Bertz CT molecular complexity index is 2370. The van der Waals surface area contributed by atoms with Crippen molar-refractivity contribution in [2.45, 2.75) is 0 Å². The Kier molecular flexibility index (Phi) is 6.40. The summed E-state index contributed by atoms with van der Waals surface area (Å²) in [5.41, 5.74) is 8.55. The first kappa shape index (κ1) is 26.2. The van der Waals surface area contributed by atoms with Crippen molar-refractivity contribution in [3.05, 3.63) is 145 Å². The largest absolute Gasteiger partial charge is 0.456 e. The van der Waals surface area contributed by atoms with Crippen LogP contribution >= 0.6 is 0 Å². The molecule has 8 aromatic rings. The van der Waals surface area contributed by atoms with Gasteiger partial charge in [-0.1, -0.05) is 91.0 Å². The maximum absolute atomic E-state index is 9.30. The van der Waals surface area contributed by atoms with Gasteiger partial charge in [-0.2, -0.15) is 5.26 Å². The summed E-state index contributed by atoms with van der Waals surface area (Å²) in [6.07, 6.45) is 1.76. The lowest BCUT2D eigenvalue weighted by Gasteiger charge is -2.09. The Morgan fingerprint density at radius 2 is 1.18 bits per heavy atom. The fraction of sp³-hybridized carbons (Fsp3) is 0. The van der Waals surface area contributed by atoms with Gasteiger partial charge in [-0.05, 0) is 53.6 Å². The van der Waals surface area contributed by atoms with Crippen LogP contribution in [0.5, 0.6) is 0 Å². The summed E-state index contributed by atoms with van der Waals surface area (Å²) in [6.45, 7) is 0. The minimum absolute atomic E-state index is 0.514. The van der Waals surface area contributed by atoms with Crippen molar-refractivity contribution in [3.8, 4) is 62.6 Å². The van der Waals surface area contributed by atoms with Gasteiger partial charge in [0, 0.05) is 39.2 Å². The normalized spacial score (nSPS) is 11.1. The van der Waals surface area contributed by atoms with E-state index >= 15 is 0 Å². The van der Waals surface area contributed by atoms with E-state index in [4.69, 9.17) is 19.4 Å². The van der Waals surface area contributed by atoms with Crippen LogP contribution in [-0.4, -0.2) is 19.9 Å².